The summed E-state index contributed by atoms with van der Waals surface area (Å²) in [5.74, 6) is -0.346. The van der Waals surface area contributed by atoms with Crippen LogP contribution in [0.2, 0.25) is 5.02 Å². The van der Waals surface area contributed by atoms with Crippen molar-refractivity contribution >= 4 is 45.5 Å². The summed E-state index contributed by atoms with van der Waals surface area (Å²) in [6.07, 6.45) is 0. The lowest BCUT2D eigenvalue weighted by Crippen LogP contribution is -2.43. The van der Waals surface area contributed by atoms with Gasteiger partial charge in [0.1, 0.15) is 16.4 Å². The SMILES string of the molecule is COC(=O)c1cc(C)c2c(c1)S(=O)(=O)Cc1cc(N3CCNCC3)cc(Cl)c1O2.Cl. The Balaban J connectivity index is 0.00000256. The molecule has 7 nitrogen and oxygen atoms in total. The van der Waals surface area contributed by atoms with Crippen molar-refractivity contribution in [2.45, 2.75) is 17.6 Å². The number of piperazine rings is 1. The minimum absolute atomic E-state index is 0. The molecular weight excluding hydrogens is 451 g/mol. The number of hydrogen-bond donors (Lipinski definition) is 1. The molecule has 0 atom stereocenters. The number of fused-ring (bicyclic) bond motifs is 2. The molecule has 30 heavy (non-hydrogen) atoms. The molecule has 10 heteroatoms. The van der Waals surface area contributed by atoms with Gasteiger partial charge in [-0.25, -0.2) is 13.2 Å². The lowest BCUT2D eigenvalue weighted by atomic mass is 10.1. The summed E-state index contributed by atoms with van der Waals surface area (Å²) in [6, 6.07) is 6.49. The predicted molar refractivity (Wildman–Crippen MR) is 117 cm³/mol. The Labute approximate surface area is 186 Å². The van der Waals surface area contributed by atoms with Gasteiger partial charge in [-0.05, 0) is 36.8 Å². The van der Waals surface area contributed by atoms with Crippen LogP contribution in [-0.4, -0.2) is 47.7 Å². The van der Waals surface area contributed by atoms with Crippen molar-refractivity contribution in [1.29, 1.82) is 0 Å². The third kappa shape index (κ3) is 4.09. The van der Waals surface area contributed by atoms with Crippen molar-refractivity contribution in [3.8, 4) is 11.5 Å². The average Bonchev–Trinajstić information content (AvgIpc) is 2.82. The van der Waals surface area contributed by atoms with E-state index >= 15 is 0 Å². The van der Waals surface area contributed by atoms with Gasteiger partial charge in [0.15, 0.2) is 9.84 Å². The first-order valence-corrected chi connectivity index (χ1v) is 11.2. The molecular formula is C20H22Cl2N2O5S. The number of benzene rings is 2. The molecule has 0 radical (unpaired) electrons. The second kappa shape index (κ2) is 8.63. The molecule has 2 aliphatic heterocycles. The van der Waals surface area contributed by atoms with Crippen molar-refractivity contribution in [2.24, 2.45) is 0 Å². The molecule has 2 aromatic carbocycles. The third-order valence-corrected chi connectivity index (χ3v) is 7.08. The molecule has 0 aromatic heterocycles. The van der Waals surface area contributed by atoms with Gasteiger partial charge < -0.3 is 19.7 Å². The lowest BCUT2D eigenvalue weighted by molar-refractivity contribution is 0.0600. The van der Waals surface area contributed by atoms with E-state index in [0.29, 0.717) is 21.9 Å². The van der Waals surface area contributed by atoms with Gasteiger partial charge in [0, 0.05) is 37.4 Å². The molecule has 0 amide bonds. The maximum atomic E-state index is 13.2. The van der Waals surface area contributed by atoms with Crippen molar-refractivity contribution in [3.63, 3.8) is 0 Å². The Morgan fingerprint density at radius 1 is 1.17 bits per heavy atom. The van der Waals surface area contributed by atoms with E-state index in [2.05, 4.69) is 10.2 Å². The highest BCUT2D eigenvalue weighted by atomic mass is 35.5. The van der Waals surface area contributed by atoms with Crippen LogP contribution >= 0.6 is 24.0 Å². The summed E-state index contributed by atoms with van der Waals surface area (Å²) < 4.78 is 37.1. The first kappa shape index (κ1) is 22.7. The Morgan fingerprint density at radius 3 is 2.53 bits per heavy atom. The van der Waals surface area contributed by atoms with Gasteiger partial charge in [-0.15, -0.1) is 12.4 Å². The maximum absolute atomic E-state index is 13.2. The van der Waals surface area contributed by atoms with Crippen molar-refractivity contribution in [1.82, 2.24) is 5.32 Å². The number of carbonyl (C=O) groups is 1. The highest BCUT2D eigenvalue weighted by Crippen LogP contribution is 2.45. The monoisotopic (exact) mass is 472 g/mol. The van der Waals surface area contributed by atoms with E-state index in [1.165, 1.54) is 13.2 Å². The Bertz CT molecular complexity index is 1100. The first-order valence-electron chi connectivity index (χ1n) is 9.22. The Kier molecular flexibility index (Phi) is 6.52. The summed E-state index contributed by atoms with van der Waals surface area (Å²) in [4.78, 5) is 14.1. The van der Waals surface area contributed by atoms with Crippen LogP contribution in [0.15, 0.2) is 29.2 Å². The zero-order valence-corrected chi connectivity index (χ0v) is 18.9. The summed E-state index contributed by atoms with van der Waals surface area (Å²) >= 11 is 6.52. The van der Waals surface area contributed by atoms with Crippen LogP contribution in [0.1, 0.15) is 21.5 Å². The summed E-state index contributed by atoms with van der Waals surface area (Å²) in [5.41, 5.74) is 2.05. The van der Waals surface area contributed by atoms with Gasteiger partial charge in [-0.2, -0.15) is 0 Å². The fourth-order valence-electron chi connectivity index (χ4n) is 3.69. The van der Waals surface area contributed by atoms with Crippen LogP contribution in [0.4, 0.5) is 5.69 Å². The van der Waals surface area contributed by atoms with E-state index in [1.807, 2.05) is 12.1 Å². The first-order chi connectivity index (χ1) is 13.8. The number of hydrogen-bond acceptors (Lipinski definition) is 7. The number of rotatable bonds is 2. The van der Waals surface area contributed by atoms with E-state index in [1.54, 1.807) is 13.0 Å². The topological polar surface area (TPSA) is 84.9 Å². The quantitative estimate of drug-likeness (QED) is 0.670. The maximum Gasteiger partial charge on any atom is 0.337 e. The molecule has 1 saturated heterocycles. The number of nitrogens with zero attached hydrogens (tertiary/aromatic N) is 1. The van der Waals surface area contributed by atoms with Gasteiger partial charge in [0.05, 0.1) is 23.4 Å². The number of nitrogens with one attached hydrogen (secondary N) is 1. The number of halogens is 2. The summed E-state index contributed by atoms with van der Waals surface area (Å²) in [6.45, 7) is 5.01. The second-order valence-corrected chi connectivity index (χ2v) is 9.49. The van der Waals surface area contributed by atoms with E-state index in [-0.39, 0.29) is 34.4 Å². The lowest BCUT2D eigenvalue weighted by Gasteiger charge is -2.30. The highest BCUT2D eigenvalue weighted by molar-refractivity contribution is 7.90. The molecule has 162 valence electrons. The van der Waals surface area contributed by atoms with Gasteiger partial charge in [-0.3, -0.25) is 0 Å². The fraction of sp³-hybridized carbons (Fsp3) is 0.350. The summed E-state index contributed by atoms with van der Waals surface area (Å²) in [5, 5.41) is 3.65. The molecule has 2 aromatic rings. The fourth-order valence-corrected chi connectivity index (χ4v) is 5.53. The molecule has 0 aliphatic carbocycles. The number of methoxy groups -OCH3 is 1. The van der Waals surface area contributed by atoms with Crippen LogP contribution < -0.4 is 15.0 Å². The average molecular weight is 473 g/mol. The summed E-state index contributed by atoms with van der Waals surface area (Å²) in [7, 11) is -2.51. The number of carbonyl (C=O) groups excluding carboxylic acids is 1. The normalized spacial score (nSPS) is 17.0. The molecule has 2 heterocycles. The smallest absolute Gasteiger partial charge is 0.337 e. The largest absolute Gasteiger partial charge is 0.465 e. The molecule has 0 bridgehead atoms. The van der Waals surface area contributed by atoms with E-state index < -0.39 is 15.8 Å². The second-order valence-electron chi connectivity index (χ2n) is 7.13. The molecule has 0 saturated carbocycles. The molecule has 0 spiro atoms. The van der Waals surface area contributed by atoms with Crippen molar-refractivity contribution < 1.29 is 22.7 Å². The molecule has 2 aliphatic rings. The van der Waals surface area contributed by atoms with Crippen molar-refractivity contribution in [2.75, 3.05) is 38.2 Å². The highest BCUT2D eigenvalue weighted by Gasteiger charge is 2.31. The number of aryl methyl sites for hydroxylation is 1. The van der Waals surface area contributed by atoms with E-state index in [9.17, 15) is 13.2 Å². The van der Waals surface area contributed by atoms with Crippen molar-refractivity contribution in [3.05, 3.63) is 46.0 Å². The number of ether oxygens (including phenoxy) is 2. The molecule has 0 unspecified atom stereocenters. The van der Waals surface area contributed by atoms with E-state index in [4.69, 9.17) is 21.1 Å². The minimum atomic E-state index is -3.77. The number of sulfone groups is 1. The van der Waals surface area contributed by atoms with Crippen LogP contribution in [0.5, 0.6) is 11.5 Å². The standard InChI is InChI=1S/C20H21ClN2O5S.ClH/c1-12-7-13(20(24)27-2)9-17-18(12)28-19-14(11-29(17,25)26)8-15(10-16(19)21)23-5-3-22-4-6-23;/h7-10,22H,3-6,11H2,1-2H3;1H. The van der Waals surface area contributed by atoms with Gasteiger partial charge in [0.2, 0.25) is 0 Å². The number of esters is 1. The van der Waals surface area contributed by atoms with E-state index in [0.717, 1.165) is 31.9 Å². The van der Waals surface area contributed by atoms with Crippen LogP contribution in [0.25, 0.3) is 0 Å². The minimum Gasteiger partial charge on any atom is -0.465 e. The van der Waals surface area contributed by atoms with Crippen LogP contribution in [0, 0.1) is 6.92 Å². The molecule has 1 fully saturated rings. The van der Waals surface area contributed by atoms with Gasteiger partial charge in [0.25, 0.3) is 0 Å². The third-order valence-electron chi connectivity index (χ3n) is 5.13. The molecule has 4 rings (SSSR count). The Hall–Kier alpha value is -2.00. The van der Waals surface area contributed by atoms with Gasteiger partial charge >= 0.3 is 5.97 Å². The predicted octanol–water partition coefficient (Wildman–Crippen LogP) is 3.35. The van der Waals surface area contributed by atoms with Crippen LogP contribution in [-0.2, 0) is 20.3 Å². The number of anilines is 1. The van der Waals surface area contributed by atoms with Crippen LogP contribution in [0.3, 0.4) is 0 Å². The van der Waals surface area contributed by atoms with Gasteiger partial charge in [-0.1, -0.05) is 11.6 Å². The molecule has 1 N–H and O–H groups in total. The zero-order valence-electron chi connectivity index (χ0n) is 16.5. The zero-order chi connectivity index (χ0) is 20.8. The Morgan fingerprint density at radius 2 is 1.87 bits per heavy atom.